The van der Waals surface area contributed by atoms with E-state index >= 15 is 0 Å². The van der Waals surface area contributed by atoms with Crippen LogP contribution in [-0.4, -0.2) is 17.5 Å². The van der Waals surface area contributed by atoms with Crippen LogP contribution in [0, 0.1) is 13.8 Å². The quantitative estimate of drug-likeness (QED) is 0.255. The van der Waals surface area contributed by atoms with Crippen molar-refractivity contribution in [2.24, 2.45) is 0 Å². The summed E-state index contributed by atoms with van der Waals surface area (Å²) in [5.74, 6) is 0.343. The van der Waals surface area contributed by atoms with Crippen molar-refractivity contribution in [1.29, 1.82) is 0 Å². The van der Waals surface area contributed by atoms with Crippen LogP contribution in [0.15, 0.2) is 51.7 Å². The Hall–Kier alpha value is -3.16. The van der Waals surface area contributed by atoms with Crippen LogP contribution in [-0.2, 0) is 0 Å². The lowest BCUT2D eigenvalue weighted by molar-refractivity contribution is 0.0971. The number of unbranched alkanes of at least 4 members (excludes halogenated alkanes) is 2. The number of carbonyl (C=O) groups excluding carboxylic acids is 1. The molecule has 4 aromatic rings. The summed E-state index contributed by atoms with van der Waals surface area (Å²) in [5.41, 5.74) is 1.94. The zero-order valence-electron chi connectivity index (χ0n) is 19.8. The largest absolute Gasteiger partial charge is 0.494 e. The van der Waals surface area contributed by atoms with Crippen molar-refractivity contribution in [1.82, 2.24) is 4.98 Å². The average molecular weight is 509 g/mol. The first-order valence-corrected chi connectivity index (χ1v) is 12.8. The summed E-state index contributed by atoms with van der Waals surface area (Å²) in [6, 6.07) is 11.7. The number of hydrogen-bond donors (Lipinski definition) is 0. The van der Waals surface area contributed by atoms with Gasteiger partial charge in [-0.2, -0.15) is 0 Å². The van der Waals surface area contributed by atoms with Crippen molar-refractivity contribution < 1.29 is 13.9 Å². The van der Waals surface area contributed by atoms with E-state index in [0.717, 1.165) is 35.4 Å². The highest BCUT2D eigenvalue weighted by Crippen LogP contribution is 2.43. The van der Waals surface area contributed by atoms with Crippen molar-refractivity contribution in [3.63, 3.8) is 0 Å². The van der Waals surface area contributed by atoms with Crippen LogP contribution in [0.5, 0.6) is 5.75 Å². The Morgan fingerprint density at radius 3 is 2.71 bits per heavy atom. The Labute approximate surface area is 212 Å². The SMILES string of the molecule is CCCCCOc1cccc(C2c3c(oc4ccc(Cl)cc4c3=O)C(=O)N2c2nc(C)c(C)s2)c1. The lowest BCUT2D eigenvalue weighted by Crippen LogP contribution is -2.29. The molecular weight excluding hydrogens is 484 g/mol. The van der Waals surface area contributed by atoms with Gasteiger partial charge in [-0.15, -0.1) is 11.3 Å². The molecule has 2 aromatic carbocycles. The van der Waals surface area contributed by atoms with Crippen LogP contribution < -0.4 is 15.1 Å². The molecule has 0 saturated heterocycles. The normalized spacial score (nSPS) is 15.1. The molecule has 1 atom stereocenters. The molecule has 1 amide bonds. The highest BCUT2D eigenvalue weighted by atomic mass is 35.5. The first-order chi connectivity index (χ1) is 16.9. The van der Waals surface area contributed by atoms with Gasteiger partial charge in [-0.1, -0.05) is 43.5 Å². The molecule has 3 heterocycles. The Bertz CT molecular complexity index is 1470. The van der Waals surface area contributed by atoms with E-state index in [0.29, 0.717) is 39.0 Å². The highest BCUT2D eigenvalue weighted by molar-refractivity contribution is 7.15. The lowest BCUT2D eigenvalue weighted by atomic mass is 9.98. The van der Waals surface area contributed by atoms with Crippen molar-refractivity contribution in [3.05, 3.63) is 85.2 Å². The summed E-state index contributed by atoms with van der Waals surface area (Å²) < 4.78 is 12.0. The van der Waals surface area contributed by atoms with Crippen LogP contribution in [0.2, 0.25) is 5.02 Å². The maximum Gasteiger partial charge on any atom is 0.297 e. The minimum Gasteiger partial charge on any atom is -0.494 e. The summed E-state index contributed by atoms with van der Waals surface area (Å²) in [5, 5.41) is 1.29. The Balaban J connectivity index is 1.68. The van der Waals surface area contributed by atoms with Gasteiger partial charge in [-0.05, 0) is 56.2 Å². The van der Waals surface area contributed by atoms with Crippen molar-refractivity contribution in [2.75, 3.05) is 11.5 Å². The summed E-state index contributed by atoms with van der Waals surface area (Å²) >= 11 is 7.60. The van der Waals surface area contributed by atoms with Crippen molar-refractivity contribution in [2.45, 2.75) is 46.1 Å². The molecule has 35 heavy (non-hydrogen) atoms. The number of halogens is 1. The zero-order valence-corrected chi connectivity index (χ0v) is 21.3. The van der Waals surface area contributed by atoms with Gasteiger partial charge >= 0.3 is 0 Å². The predicted octanol–water partition coefficient (Wildman–Crippen LogP) is 6.84. The molecule has 5 rings (SSSR count). The van der Waals surface area contributed by atoms with Crippen LogP contribution in [0.4, 0.5) is 5.13 Å². The third kappa shape index (κ3) is 4.23. The van der Waals surface area contributed by atoms with Crippen LogP contribution in [0.1, 0.15) is 64.5 Å². The molecule has 1 unspecified atom stereocenters. The van der Waals surface area contributed by atoms with Gasteiger partial charge in [0.1, 0.15) is 11.3 Å². The fraction of sp³-hybridized carbons (Fsp3) is 0.296. The van der Waals surface area contributed by atoms with Gasteiger partial charge in [0.15, 0.2) is 10.6 Å². The third-order valence-corrected chi connectivity index (χ3v) is 7.55. The molecule has 0 N–H and O–H groups in total. The number of aromatic nitrogens is 1. The molecule has 0 radical (unpaired) electrons. The van der Waals surface area contributed by atoms with E-state index in [1.165, 1.54) is 11.3 Å². The van der Waals surface area contributed by atoms with Gasteiger partial charge in [0.25, 0.3) is 5.91 Å². The number of carbonyl (C=O) groups is 1. The topological polar surface area (TPSA) is 72.6 Å². The molecule has 0 saturated carbocycles. The Morgan fingerprint density at radius 2 is 1.97 bits per heavy atom. The minimum absolute atomic E-state index is 0.0367. The van der Waals surface area contributed by atoms with E-state index < -0.39 is 6.04 Å². The number of hydrogen-bond acceptors (Lipinski definition) is 6. The molecule has 0 fully saturated rings. The average Bonchev–Trinajstić information content (AvgIpc) is 3.33. The van der Waals surface area contributed by atoms with E-state index in [-0.39, 0.29) is 17.1 Å². The summed E-state index contributed by atoms with van der Waals surface area (Å²) in [4.78, 5) is 34.6. The number of nitrogens with zero attached hydrogens (tertiary/aromatic N) is 2. The van der Waals surface area contributed by atoms with E-state index in [4.69, 9.17) is 20.8 Å². The van der Waals surface area contributed by atoms with E-state index in [2.05, 4.69) is 11.9 Å². The summed E-state index contributed by atoms with van der Waals surface area (Å²) in [6.45, 7) is 6.62. The molecule has 6 nitrogen and oxygen atoms in total. The maximum atomic E-state index is 13.7. The first-order valence-electron chi connectivity index (χ1n) is 11.7. The second-order valence-electron chi connectivity index (χ2n) is 8.66. The van der Waals surface area contributed by atoms with Crippen LogP contribution >= 0.6 is 22.9 Å². The third-order valence-electron chi connectivity index (χ3n) is 6.25. The van der Waals surface area contributed by atoms with Crippen molar-refractivity contribution >= 4 is 44.9 Å². The molecule has 1 aliphatic rings. The number of ether oxygens (including phenoxy) is 1. The van der Waals surface area contributed by atoms with Gasteiger partial charge in [0.05, 0.1) is 29.3 Å². The Kier molecular flexibility index (Phi) is 6.38. The molecule has 2 aromatic heterocycles. The van der Waals surface area contributed by atoms with Gasteiger partial charge in [0.2, 0.25) is 5.76 Å². The Morgan fingerprint density at radius 1 is 1.14 bits per heavy atom. The number of anilines is 1. The summed E-state index contributed by atoms with van der Waals surface area (Å²) in [6.07, 6.45) is 3.17. The summed E-state index contributed by atoms with van der Waals surface area (Å²) in [7, 11) is 0. The number of amides is 1. The standard InChI is InChI=1S/C27H25ClN2O4S/c1-4-5-6-12-33-19-9-7-8-17(13-19)23-22-24(31)20-14-18(28)10-11-21(20)34-25(22)26(32)30(23)27-29-15(2)16(3)35-27/h7-11,13-14,23H,4-6,12H2,1-3H3. The van der Waals surface area contributed by atoms with E-state index in [1.54, 1.807) is 23.1 Å². The smallest absolute Gasteiger partial charge is 0.297 e. The fourth-order valence-electron chi connectivity index (χ4n) is 4.33. The van der Waals surface area contributed by atoms with Gasteiger partial charge in [-0.25, -0.2) is 4.98 Å². The molecular formula is C27H25ClN2O4S. The van der Waals surface area contributed by atoms with Crippen molar-refractivity contribution in [3.8, 4) is 5.75 Å². The minimum atomic E-state index is -0.693. The van der Waals surface area contributed by atoms with Gasteiger partial charge < -0.3 is 9.15 Å². The second-order valence-corrected chi connectivity index (χ2v) is 10.3. The monoisotopic (exact) mass is 508 g/mol. The highest BCUT2D eigenvalue weighted by Gasteiger charge is 2.45. The zero-order chi connectivity index (χ0) is 24.7. The number of fused-ring (bicyclic) bond motifs is 2. The molecule has 0 spiro atoms. The molecule has 0 bridgehead atoms. The molecule has 1 aliphatic heterocycles. The first kappa shape index (κ1) is 23.6. The maximum absolute atomic E-state index is 13.7. The van der Waals surface area contributed by atoms with Crippen LogP contribution in [0.25, 0.3) is 11.0 Å². The molecule has 180 valence electrons. The van der Waals surface area contributed by atoms with E-state index in [9.17, 15) is 9.59 Å². The number of thiazole rings is 1. The second kappa shape index (κ2) is 9.47. The molecule has 0 aliphatic carbocycles. The van der Waals surface area contributed by atoms with Crippen LogP contribution in [0.3, 0.4) is 0 Å². The lowest BCUT2D eigenvalue weighted by Gasteiger charge is -2.23. The predicted molar refractivity (Wildman–Crippen MR) is 139 cm³/mol. The molecule has 8 heteroatoms. The number of aryl methyl sites for hydroxylation is 2. The van der Waals surface area contributed by atoms with E-state index in [1.807, 2.05) is 38.1 Å². The number of benzene rings is 2. The number of rotatable bonds is 7. The van der Waals surface area contributed by atoms with Gasteiger partial charge in [-0.3, -0.25) is 14.5 Å². The van der Waals surface area contributed by atoms with Gasteiger partial charge in [0, 0.05) is 9.90 Å². The fourth-order valence-corrected chi connectivity index (χ4v) is 5.44.